The number of aliphatic hydroxyl groups excluding tert-OH is 1. The van der Waals surface area contributed by atoms with Crippen LogP contribution in [0.1, 0.15) is 36.9 Å². The van der Waals surface area contributed by atoms with E-state index < -0.39 is 0 Å². The lowest BCUT2D eigenvalue weighted by molar-refractivity contribution is 0.269. The first-order valence-corrected chi connectivity index (χ1v) is 7.88. The van der Waals surface area contributed by atoms with E-state index in [0.717, 1.165) is 36.2 Å². The Hall–Kier alpha value is -2.26. The maximum Gasteiger partial charge on any atom is 0.141 e. The van der Waals surface area contributed by atoms with Crippen LogP contribution in [0.4, 0.5) is 0 Å². The van der Waals surface area contributed by atoms with E-state index >= 15 is 0 Å². The number of hydrazine groups is 1. The molecule has 2 N–H and O–H groups in total. The summed E-state index contributed by atoms with van der Waals surface area (Å²) in [5.74, 6) is 0.397. The summed E-state index contributed by atoms with van der Waals surface area (Å²) in [5, 5.41) is 12.9. The second-order valence-corrected chi connectivity index (χ2v) is 5.58. The van der Waals surface area contributed by atoms with Crippen molar-refractivity contribution in [2.75, 3.05) is 6.54 Å². The molecule has 114 valence electrons. The highest BCUT2D eigenvalue weighted by atomic mass is 16.3. The average molecular weight is 294 g/mol. The van der Waals surface area contributed by atoms with E-state index in [1.165, 1.54) is 0 Å². The molecule has 0 aliphatic carbocycles. The van der Waals surface area contributed by atoms with Gasteiger partial charge in [-0.3, -0.25) is 0 Å². The van der Waals surface area contributed by atoms with Gasteiger partial charge in [0, 0.05) is 12.1 Å². The van der Waals surface area contributed by atoms with Gasteiger partial charge in [-0.05, 0) is 12.0 Å². The fourth-order valence-corrected chi connectivity index (χ4v) is 2.83. The molecule has 2 aromatic rings. The van der Waals surface area contributed by atoms with Crippen molar-refractivity contribution >= 4 is 5.70 Å². The highest BCUT2D eigenvalue weighted by Gasteiger charge is 2.32. The minimum atomic E-state index is -0.173. The molecule has 0 saturated carbocycles. The molecule has 2 aromatic carbocycles. The van der Waals surface area contributed by atoms with Crippen molar-refractivity contribution in [3.05, 3.63) is 77.5 Å². The fourth-order valence-electron chi connectivity index (χ4n) is 2.83. The zero-order valence-corrected chi connectivity index (χ0v) is 12.9. The molecule has 22 heavy (non-hydrogen) atoms. The molecule has 3 nitrogen and oxygen atoms in total. The van der Waals surface area contributed by atoms with E-state index in [9.17, 15) is 5.11 Å². The summed E-state index contributed by atoms with van der Waals surface area (Å²) in [6, 6.07) is 20.0. The van der Waals surface area contributed by atoms with Crippen molar-refractivity contribution in [2.24, 2.45) is 0 Å². The Morgan fingerprint density at radius 3 is 2.27 bits per heavy atom. The van der Waals surface area contributed by atoms with Gasteiger partial charge < -0.3 is 10.1 Å². The molecular formula is C19H22N2O. The van der Waals surface area contributed by atoms with E-state index in [0.29, 0.717) is 5.76 Å². The first kappa shape index (κ1) is 14.7. The van der Waals surface area contributed by atoms with Crippen LogP contribution in [0, 0.1) is 0 Å². The van der Waals surface area contributed by atoms with Crippen molar-refractivity contribution in [1.82, 2.24) is 10.4 Å². The van der Waals surface area contributed by atoms with Gasteiger partial charge in [-0.25, -0.2) is 5.43 Å². The van der Waals surface area contributed by atoms with Gasteiger partial charge in [-0.15, -0.1) is 0 Å². The second kappa shape index (κ2) is 6.67. The number of nitrogens with one attached hydrogen (secondary N) is 1. The van der Waals surface area contributed by atoms with Gasteiger partial charge in [0.25, 0.3) is 0 Å². The van der Waals surface area contributed by atoms with E-state index in [2.05, 4.69) is 17.4 Å². The molecule has 1 aliphatic heterocycles. The van der Waals surface area contributed by atoms with Crippen LogP contribution in [0.3, 0.4) is 0 Å². The van der Waals surface area contributed by atoms with Crippen LogP contribution in [0.15, 0.2) is 66.4 Å². The monoisotopic (exact) mass is 294 g/mol. The Balaban J connectivity index is 1.97. The summed E-state index contributed by atoms with van der Waals surface area (Å²) in [5.41, 5.74) is 6.46. The van der Waals surface area contributed by atoms with E-state index in [1.807, 2.05) is 60.7 Å². The molecular weight excluding hydrogens is 272 g/mol. The molecule has 1 heterocycles. The predicted molar refractivity (Wildman–Crippen MR) is 89.9 cm³/mol. The molecule has 3 heteroatoms. The lowest BCUT2D eigenvalue weighted by Gasteiger charge is -2.23. The van der Waals surface area contributed by atoms with E-state index in [4.69, 9.17) is 0 Å². The Morgan fingerprint density at radius 2 is 1.64 bits per heavy atom. The number of rotatable bonds is 5. The molecule has 0 spiro atoms. The summed E-state index contributed by atoms with van der Waals surface area (Å²) in [4.78, 5) is 0. The first-order chi connectivity index (χ1) is 10.8. The van der Waals surface area contributed by atoms with Crippen molar-refractivity contribution in [3.8, 4) is 0 Å². The minimum Gasteiger partial charge on any atom is -0.508 e. The third-order valence-corrected chi connectivity index (χ3v) is 3.99. The SMILES string of the molecule is CCCCN1NC(c2ccccc2)C(O)=C1c1ccccc1. The zero-order valence-electron chi connectivity index (χ0n) is 12.9. The molecule has 0 radical (unpaired) electrons. The summed E-state index contributed by atoms with van der Waals surface area (Å²) in [6.45, 7) is 3.06. The molecule has 0 saturated heterocycles. The quantitative estimate of drug-likeness (QED) is 0.864. The average Bonchev–Trinajstić information content (AvgIpc) is 2.91. The number of nitrogens with zero attached hydrogens (tertiary/aromatic N) is 1. The topological polar surface area (TPSA) is 35.5 Å². The minimum absolute atomic E-state index is 0.173. The van der Waals surface area contributed by atoms with Gasteiger partial charge in [-0.2, -0.15) is 0 Å². The van der Waals surface area contributed by atoms with Crippen LogP contribution in [-0.4, -0.2) is 16.7 Å². The summed E-state index contributed by atoms with van der Waals surface area (Å²) in [7, 11) is 0. The smallest absolute Gasteiger partial charge is 0.141 e. The maximum absolute atomic E-state index is 10.8. The van der Waals surface area contributed by atoms with Crippen molar-refractivity contribution in [2.45, 2.75) is 25.8 Å². The largest absolute Gasteiger partial charge is 0.508 e. The van der Waals surface area contributed by atoms with Crippen LogP contribution < -0.4 is 5.43 Å². The third kappa shape index (κ3) is 2.85. The van der Waals surface area contributed by atoms with Crippen LogP contribution in [0.2, 0.25) is 0 Å². The Morgan fingerprint density at radius 1 is 1.00 bits per heavy atom. The van der Waals surface area contributed by atoms with Crippen LogP contribution in [-0.2, 0) is 0 Å². The van der Waals surface area contributed by atoms with Crippen molar-refractivity contribution < 1.29 is 5.11 Å². The number of hydrogen-bond acceptors (Lipinski definition) is 3. The summed E-state index contributed by atoms with van der Waals surface area (Å²) < 4.78 is 0. The number of benzene rings is 2. The van der Waals surface area contributed by atoms with Crippen LogP contribution in [0.25, 0.3) is 5.70 Å². The molecule has 0 bridgehead atoms. The maximum atomic E-state index is 10.8. The number of aliphatic hydroxyl groups is 1. The van der Waals surface area contributed by atoms with Gasteiger partial charge >= 0.3 is 0 Å². The molecule has 0 fully saturated rings. The molecule has 3 rings (SSSR count). The lowest BCUT2D eigenvalue weighted by atomic mass is 10.0. The van der Waals surface area contributed by atoms with E-state index in [1.54, 1.807) is 0 Å². The lowest BCUT2D eigenvalue weighted by Crippen LogP contribution is -2.34. The Labute approximate surface area is 131 Å². The fraction of sp³-hybridized carbons (Fsp3) is 0.263. The number of hydrogen-bond donors (Lipinski definition) is 2. The first-order valence-electron chi connectivity index (χ1n) is 7.88. The normalized spacial score (nSPS) is 18.0. The molecule has 1 atom stereocenters. The highest BCUT2D eigenvalue weighted by molar-refractivity contribution is 5.68. The Bertz CT molecular complexity index is 637. The van der Waals surface area contributed by atoms with Crippen LogP contribution in [0.5, 0.6) is 0 Å². The van der Waals surface area contributed by atoms with Crippen molar-refractivity contribution in [1.29, 1.82) is 0 Å². The standard InChI is InChI=1S/C19H22N2O/c1-2-3-14-21-18(16-12-8-5-9-13-16)19(22)17(20-21)15-10-6-4-7-11-15/h4-13,17,20,22H,2-3,14H2,1H3. The molecule has 0 aromatic heterocycles. The zero-order chi connectivity index (χ0) is 15.4. The van der Waals surface area contributed by atoms with Gasteiger partial charge in [0.05, 0.1) is 5.70 Å². The number of unbranched alkanes of at least 4 members (excludes halogenated alkanes) is 1. The summed E-state index contributed by atoms with van der Waals surface area (Å²) >= 11 is 0. The van der Waals surface area contributed by atoms with Crippen molar-refractivity contribution in [3.63, 3.8) is 0 Å². The second-order valence-electron chi connectivity index (χ2n) is 5.58. The van der Waals surface area contributed by atoms with Gasteiger partial charge in [0.2, 0.25) is 0 Å². The highest BCUT2D eigenvalue weighted by Crippen LogP contribution is 2.35. The van der Waals surface area contributed by atoms with Gasteiger partial charge in [0.15, 0.2) is 0 Å². The van der Waals surface area contributed by atoms with E-state index in [-0.39, 0.29) is 6.04 Å². The molecule has 0 amide bonds. The van der Waals surface area contributed by atoms with Gasteiger partial charge in [-0.1, -0.05) is 74.0 Å². The van der Waals surface area contributed by atoms with Gasteiger partial charge in [0.1, 0.15) is 11.8 Å². The predicted octanol–water partition coefficient (Wildman–Crippen LogP) is 4.27. The molecule has 1 aliphatic rings. The molecule has 1 unspecified atom stereocenters. The third-order valence-electron chi connectivity index (χ3n) is 3.99. The summed E-state index contributed by atoms with van der Waals surface area (Å²) in [6.07, 6.45) is 2.20. The Kier molecular flexibility index (Phi) is 4.45. The van der Waals surface area contributed by atoms with Crippen LogP contribution >= 0.6 is 0 Å².